The van der Waals surface area contributed by atoms with Gasteiger partial charge in [0.2, 0.25) is 11.8 Å². The van der Waals surface area contributed by atoms with E-state index in [9.17, 15) is 31.1 Å². The highest BCUT2D eigenvalue weighted by Crippen LogP contribution is 2.41. The highest BCUT2D eigenvalue weighted by atomic mass is 79.9. The molecule has 1 fully saturated rings. The molecule has 0 atom stereocenters. The number of amides is 1. The third kappa shape index (κ3) is 4.75. The summed E-state index contributed by atoms with van der Waals surface area (Å²) >= 11 is 3.09. The van der Waals surface area contributed by atoms with Crippen LogP contribution in [0.4, 0.5) is 26.3 Å². The van der Waals surface area contributed by atoms with Gasteiger partial charge < -0.3 is 5.32 Å². The number of halogens is 7. The molecule has 0 unspecified atom stereocenters. The van der Waals surface area contributed by atoms with Crippen molar-refractivity contribution in [3.63, 3.8) is 0 Å². The molecule has 9 heteroatoms. The molecule has 2 nitrogen and oxygen atoms in total. The Labute approximate surface area is 126 Å². The Balaban J connectivity index is 2.90. The van der Waals surface area contributed by atoms with Crippen LogP contribution in [-0.2, 0) is 4.79 Å². The predicted octanol–water partition coefficient (Wildman–Crippen LogP) is 4.19. The first-order valence-electron chi connectivity index (χ1n) is 6.43. The standard InChI is InChI=1S/C12H16BrF6NO/c1-7-2-4-10(6-13,5-3-7)20-9(21)8(11(14,15)16)12(17,18)19/h7-8H,2-6H2,1H3,(H,20,21). The molecule has 1 aliphatic rings. The number of carbonyl (C=O) groups excluding carboxylic acids is 1. The van der Waals surface area contributed by atoms with Crippen molar-refractivity contribution in [2.24, 2.45) is 11.8 Å². The van der Waals surface area contributed by atoms with Crippen molar-refractivity contribution in [2.45, 2.75) is 50.5 Å². The molecule has 21 heavy (non-hydrogen) atoms. The molecule has 0 spiro atoms. The van der Waals surface area contributed by atoms with E-state index in [1.165, 1.54) is 0 Å². The second-order valence-electron chi connectivity index (χ2n) is 5.60. The summed E-state index contributed by atoms with van der Waals surface area (Å²) < 4.78 is 75.1. The van der Waals surface area contributed by atoms with Crippen LogP contribution in [0.25, 0.3) is 0 Å². The zero-order valence-corrected chi connectivity index (χ0v) is 12.8. The first kappa shape index (κ1) is 18.6. The van der Waals surface area contributed by atoms with E-state index in [4.69, 9.17) is 0 Å². The SMILES string of the molecule is CC1CCC(CBr)(NC(=O)C(C(F)(F)F)C(F)(F)F)CC1. The molecule has 0 heterocycles. The molecule has 1 amide bonds. The molecule has 0 bridgehead atoms. The fourth-order valence-corrected chi connectivity index (χ4v) is 3.12. The number of nitrogens with one attached hydrogen (secondary N) is 1. The Bertz CT molecular complexity index is 359. The monoisotopic (exact) mass is 383 g/mol. The second-order valence-corrected chi connectivity index (χ2v) is 6.16. The summed E-state index contributed by atoms with van der Waals surface area (Å²) in [6.07, 6.45) is -9.31. The smallest absolute Gasteiger partial charge is 0.349 e. The van der Waals surface area contributed by atoms with E-state index in [0.29, 0.717) is 31.6 Å². The van der Waals surface area contributed by atoms with Crippen LogP contribution in [0.15, 0.2) is 0 Å². The second kappa shape index (κ2) is 6.34. The third-order valence-electron chi connectivity index (χ3n) is 3.79. The first-order valence-corrected chi connectivity index (χ1v) is 7.55. The van der Waals surface area contributed by atoms with Gasteiger partial charge in [-0.15, -0.1) is 0 Å². The fourth-order valence-electron chi connectivity index (χ4n) is 2.42. The lowest BCUT2D eigenvalue weighted by Crippen LogP contribution is -2.58. The van der Waals surface area contributed by atoms with Gasteiger partial charge in [-0.2, -0.15) is 26.3 Å². The summed E-state index contributed by atoms with van der Waals surface area (Å²) in [5.41, 5.74) is -1.04. The van der Waals surface area contributed by atoms with Crippen molar-refractivity contribution in [1.82, 2.24) is 5.32 Å². The third-order valence-corrected chi connectivity index (χ3v) is 4.87. The maximum Gasteiger partial charge on any atom is 0.409 e. The van der Waals surface area contributed by atoms with Gasteiger partial charge in [-0.1, -0.05) is 22.9 Å². The van der Waals surface area contributed by atoms with Gasteiger partial charge in [-0.3, -0.25) is 4.79 Å². The number of rotatable bonds is 3. The Morgan fingerprint density at radius 3 is 1.95 bits per heavy atom. The van der Waals surface area contributed by atoms with Crippen LogP contribution < -0.4 is 5.32 Å². The van der Waals surface area contributed by atoms with Crippen molar-refractivity contribution >= 4 is 21.8 Å². The molecule has 0 aromatic rings. The highest BCUT2D eigenvalue weighted by Gasteiger charge is 2.61. The summed E-state index contributed by atoms with van der Waals surface area (Å²) in [5, 5.41) is 2.12. The van der Waals surface area contributed by atoms with Crippen molar-refractivity contribution in [3.05, 3.63) is 0 Å². The molecular formula is C12H16BrF6NO. The van der Waals surface area contributed by atoms with Crippen molar-refractivity contribution in [3.8, 4) is 0 Å². The molecule has 0 saturated heterocycles. The number of hydrogen-bond donors (Lipinski definition) is 1. The lowest BCUT2D eigenvalue weighted by molar-refractivity contribution is -0.274. The molecule has 0 aliphatic heterocycles. The summed E-state index contributed by atoms with van der Waals surface area (Å²) in [5.74, 6) is -5.67. The topological polar surface area (TPSA) is 29.1 Å². The molecular weight excluding hydrogens is 368 g/mol. The maximum absolute atomic E-state index is 12.5. The highest BCUT2D eigenvalue weighted by molar-refractivity contribution is 9.09. The molecule has 0 aromatic heterocycles. The Hall–Kier alpha value is -0.470. The molecule has 124 valence electrons. The average molecular weight is 384 g/mol. The Morgan fingerprint density at radius 1 is 1.19 bits per heavy atom. The van der Waals surface area contributed by atoms with E-state index in [1.807, 2.05) is 12.2 Å². The van der Waals surface area contributed by atoms with Crippen LogP contribution in [0, 0.1) is 11.8 Å². The van der Waals surface area contributed by atoms with Crippen LogP contribution in [-0.4, -0.2) is 29.1 Å². The van der Waals surface area contributed by atoms with Crippen LogP contribution >= 0.6 is 15.9 Å². The van der Waals surface area contributed by atoms with Gasteiger partial charge in [0.25, 0.3) is 0 Å². The van der Waals surface area contributed by atoms with E-state index in [2.05, 4.69) is 15.9 Å². The molecule has 0 aromatic carbocycles. The number of carbonyl (C=O) groups is 1. The lowest BCUT2D eigenvalue weighted by Gasteiger charge is -2.40. The van der Waals surface area contributed by atoms with E-state index < -0.39 is 29.7 Å². The van der Waals surface area contributed by atoms with E-state index in [0.717, 1.165) is 0 Å². The average Bonchev–Trinajstić information content (AvgIpc) is 2.28. The molecule has 1 rings (SSSR count). The minimum absolute atomic E-state index is 0.126. The Kier molecular flexibility index (Phi) is 5.61. The number of hydrogen-bond acceptors (Lipinski definition) is 1. The molecule has 1 N–H and O–H groups in total. The minimum atomic E-state index is -5.65. The Morgan fingerprint density at radius 2 is 1.62 bits per heavy atom. The summed E-state index contributed by atoms with van der Waals surface area (Å²) in [4.78, 5) is 11.6. The van der Waals surface area contributed by atoms with Gasteiger partial charge in [-0.25, -0.2) is 0 Å². The van der Waals surface area contributed by atoms with Gasteiger partial charge >= 0.3 is 12.4 Å². The largest absolute Gasteiger partial charge is 0.409 e. The molecule has 0 radical (unpaired) electrons. The van der Waals surface area contributed by atoms with Gasteiger partial charge in [-0.05, 0) is 31.6 Å². The molecule has 1 aliphatic carbocycles. The van der Waals surface area contributed by atoms with Crippen molar-refractivity contribution < 1.29 is 31.1 Å². The van der Waals surface area contributed by atoms with Crippen LogP contribution in [0.3, 0.4) is 0 Å². The van der Waals surface area contributed by atoms with Crippen molar-refractivity contribution in [1.29, 1.82) is 0 Å². The van der Waals surface area contributed by atoms with Gasteiger partial charge in [0, 0.05) is 10.9 Å². The van der Waals surface area contributed by atoms with E-state index in [1.54, 1.807) is 0 Å². The fraction of sp³-hybridized carbons (Fsp3) is 0.917. The normalized spacial score (nSPS) is 27.8. The number of alkyl halides is 7. The zero-order valence-electron chi connectivity index (χ0n) is 11.2. The van der Waals surface area contributed by atoms with Crippen molar-refractivity contribution in [2.75, 3.05) is 5.33 Å². The summed E-state index contributed by atoms with van der Waals surface area (Å²) in [7, 11) is 0. The van der Waals surface area contributed by atoms with Gasteiger partial charge in [0.1, 0.15) is 0 Å². The minimum Gasteiger partial charge on any atom is -0.349 e. The zero-order chi connectivity index (χ0) is 16.5. The van der Waals surface area contributed by atoms with Gasteiger partial charge in [0.15, 0.2) is 0 Å². The summed E-state index contributed by atoms with van der Waals surface area (Å²) in [6, 6.07) is 0. The quantitative estimate of drug-likeness (QED) is 0.574. The maximum atomic E-state index is 12.5. The van der Waals surface area contributed by atoms with Gasteiger partial charge in [0.05, 0.1) is 0 Å². The van der Waals surface area contributed by atoms with Crippen LogP contribution in [0.5, 0.6) is 0 Å². The van der Waals surface area contributed by atoms with Crippen LogP contribution in [0.2, 0.25) is 0 Å². The molecule has 1 saturated carbocycles. The van der Waals surface area contributed by atoms with Crippen LogP contribution in [0.1, 0.15) is 32.6 Å². The summed E-state index contributed by atoms with van der Waals surface area (Å²) in [6.45, 7) is 1.95. The van der Waals surface area contributed by atoms with E-state index >= 15 is 0 Å². The first-order chi connectivity index (χ1) is 9.41. The van der Waals surface area contributed by atoms with E-state index in [-0.39, 0.29) is 5.33 Å². The predicted molar refractivity (Wildman–Crippen MR) is 67.9 cm³/mol. The lowest BCUT2D eigenvalue weighted by atomic mass is 9.78.